The average molecular weight is 482 g/mol. The molecule has 4 nitrogen and oxygen atoms in total. The van der Waals surface area contributed by atoms with Gasteiger partial charge in [0.25, 0.3) is 0 Å². The summed E-state index contributed by atoms with van der Waals surface area (Å²) < 4.78 is 43.4. The van der Waals surface area contributed by atoms with Gasteiger partial charge in [-0.2, -0.15) is 18.3 Å². The zero-order chi connectivity index (χ0) is 20.8. The maximum Gasteiger partial charge on any atom is 0.434 e. The van der Waals surface area contributed by atoms with Crippen molar-refractivity contribution in [3.8, 4) is 22.6 Å². The fourth-order valence-corrected chi connectivity index (χ4v) is 3.56. The van der Waals surface area contributed by atoms with Gasteiger partial charge >= 0.3 is 6.18 Å². The Morgan fingerprint density at radius 3 is 2.41 bits per heavy atom. The van der Waals surface area contributed by atoms with Crippen molar-refractivity contribution < 1.29 is 13.2 Å². The highest BCUT2D eigenvalue weighted by atomic mass is 79.9. The summed E-state index contributed by atoms with van der Waals surface area (Å²) in [5.41, 5.74) is 1.81. The Morgan fingerprint density at radius 2 is 1.76 bits per heavy atom. The topological polar surface area (TPSA) is 35.6 Å². The van der Waals surface area contributed by atoms with Crippen molar-refractivity contribution in [2.75, 3.05) is 0 Å². The molecule has 2 aromatic heterocycles. The smallest absolute Gasteiger partial charge is 0.303 e. The Morgan fingerprint density at radius 1 is 1.03 bits per heavy atom. The number of hydrogen-bond donors (Lipinski definition) is 0. The first-order valence-corrected chi connectivity index (χ1v) is 9.64. The van der Waals surface area contributed by atoms with Crippen LogP contribution in [0.2, 0.25) is 5.02 Å². The van der Waals surface area contributed by atoms with Crippen molar-refractivity contribution in [3.63, 3.8) is 0 Å². The first kappa shape index (κ1) is 19.7. The monoisotopic (exact) mass is 480 g/mol. The van der Waals surface area contributed by atoms with Crippen LogP contribution in [-0.2, 0) is 6.18 Å². The van der Waals surface area contributed by atoms with Crippen molar-refractivity contribution in [1.82, 2.24) is 19.3 Å². The molecule has 0 saturated carbocycles. The third-order valence-corrected chi connectivity index (χ3v) is 5.13. The molecule has 0 atom stereocenters. The average Bonchev–Trinajstić information content (AvgIpc) is 3.29. The molecule has 148 valence electrons. The highest BCUT2D eigenvalue weighted by molar-refractivity contribution is 9.10. The molecule has 0 aliphatic heterocycles. The zero-order valence-electron chi connectivity index (χ0n) is 15.0. The normalized spacial score (nSPS) is 11.8. The van der Waals surface area contributed by atoms with E-state index in [-0.39, 0.29) is 5.82 Å². The predicted molar refractivity (Wildman–Crippen MR) is 109 cm³/mol. The molecule has 0 N–H and O–H groups in total. The van der Waals surface area contributed by atoms with Crippen LogP contribution in [0.5, 0.6) is 0 Å². The molecule has 4 rings (SSSR count). The maximum atomic E-state index is 13.1. The summed E-state index contributed by atoms with van der Waals surface area (Å²) in [7, 11) is 0. The van der Waals surface area contributed by atoms with Gasteiger partial charge in [0.15, 0.2) is 5.69 Å². The minimum absolute atomic E-state index is 0.235. The summed E-state index contributed by atoms with van der Waals surface area (Å²) in [5.74, 6) is 0.235. The molecule has 0 amide bonds. The highest BCUT2D eigenvalue weighted by Gasteiger charge is 2.34. The van der Waals surface area contributed by atoms with E-state index in [0.717, 1.165) is 16.4 Å². The lowest BCUT2D eigenvalue weighted by atomic mass is 10.1. The van der Waals surface area contributed by atoms with E-state index in [1.54, 1.807) is 41.2 Å². The van der Waals surface area contributed by atoms with E-state index >= 15 is 0 Å². The first-order chi connectivity index (χ1) is 13.7. The molecule has 29 heavy (non-hydrogen) atoms. The van der Waals surface area contributed by atoms with Gasteiger partial charge in [-0.05, 0) is 55.5 Å². The molecule has 0 radical (unpaired) electrons. The first-order valence-electron chi connectivity index (χ1n) is 8.47. The summed E-state index contributed by atoms with van der Waals surface area (Å²) in [6.07, 6.45) is -1.88. The number of benzene rings is 2. The molecule has 0 bridgehead atoms. The van der Waals surface area contributed by atoms with Crippen LogP contribution in [0, 0.1) is 6.92 Å². The number of rotatable bonds is 3. The highest BCUT2D eigenvalue weighted by Crippen LogP contribution is 2.34. The second-order valence-corrected chi connectivity index (χ2v) is 7.66. The molecule has 0 unspecified atom stereocenters. The predicted octanol–water partition coefficient (Wildman–Crippen LogP) is 6.47. The SMILES string of the molecule is Cc1nc(C(F)(F)F)cn1-c1ccc(Br)cc1-c1ccnn1-c1ccc(Cl)cc1. The van der Waals surface area contributed by atoms with E-state index in [2.05, 4.69) is 26.0 Å². The Labute approximate surface area is 177 Å². The number of aromatic nitrogens is 4. The number of halogens is 5. The molecule has 0 saturated heterocycles. The Balaban J connectivity index is 1.90. The van der Waals surface area contributed by atoms with Crippen molar-refractivity contribution >= 4 is 27.5 Å². The summed E-state index contributed by atoms with van der Waals surface area (Å²) in [4.78, 5) is 3.68. The number of nitrogens with zero attached hydrogens (tertiary/aromatic N) is 4. The van der Waals surface area contributed by atoms with Crippen LogP contribution in [0.3, 0.4) is 0 Å². The quantitative estimate of drug-likeness (QED) is 0.336. The van der Waals surface area contributed by atoms with Crippen LogP contribution in [0.15, 0.2) is 65.4 Å². The summed E-state index contributed by atoms with van der Waals surface area (Å²) in [5, 5.41) is 4.97. The number of hydrogen-bond acceptors (Lipinski definition) is 2. The molecule has 0 aliphatic carbocycles. The number of aryl methyl sites for hydroxylation is 1. The maximum absolute atomic E-state index is 13.1. The van der Waals surface area contributed by atoms with E-state index in [4.69, 9.17) is 11.6 Å². The van der Waals surface area contributed by atoms with Crippen molar-refractivity contribution in [3.05, 3.63) is 81.9 Å². The van der Waals surface area contributed by atoms with Crippen molar-refractivity contribution in [2.24, 2.45) is 0 Å². The molecule has 9 heteroatoms. The van der Waals surface area contributed by atoms with Crippen LogP contribution in [0.25, 0.3) is 22.6 Å². The summed E-state index contributed by atoms with van der Waals surface area (Å²) in [6.45, 7) is 1.54. The molecule has 0 spiro atoms. The lowest BCUT2D eigenvalue weighted by Crippen LogP contribution is -2.05. The van der Waals surface area contributed by atoms with Crippen LogP contribution in [0.4, 0.5) is 13.2 Å². The molecule has 2 heterocycles. The van der Waals surface area contributed by atoms with Crippen LogP contribution in [0.1, 0.15) is 11.5 Å². The van der Waals surface area contributed by atoms with Gasteiger partial charge in [0.2, 0.25) is 0 Å². The lowest BCUT2D eigenvalue weighted by molar-refractivity contribution is -0.141. The third-order valence-electron chi connectivity index (χ3n) is 4.38. The van der Waals surface area contributed by atoms with Crippen LogP contribution in [-0.4, -0.2) is 19.3 Å². The largest absolute Gasteiger partial charge is 0.434 e. The van der Waals surface area contributed by atoms with Gasteiger partial charge in [-0.15, -0.1) is 0 Å². The van der Waals surface area contributed by atoms with Gasteiger partial charge in [0.05, 0.1) is 23.3 Å². The Kier molecular flexibility index (Phi) is 5.00. The third kappa shape index (κ3) is 3.82. The van der Waals surface area contributed by atoms with Crippen molar-refractivity contribution in [1.29, 1.82) is 0 Å². The van der Waals surface area contributed by atoms with E-state index in [9.17, 15) is 13.2 Å². The number of imidazole rings is 1. The minimum Gasteiger partial charge on any atom is -0.303 e. The summed E-state index contributed by atoms with van der Waals surface area (Å²) in [6, 6.07) is 14.3. The van der Waals surface area contributed by atoms with Gasteiger partial charge in [-0.3, -0.25) is 0 Å². The van der Waals surface area contributed by atoms with E-state index in [1.807, 2.05) is 18.2 Å². The van der Waals surface area contributed by atoms with Gasteiger partial charge in [0, 0.05) is 21.3 Å². The molecule has 0 aliphatic rings. The number of alkyl halides is 3. The summed E-state index contributed by atoms with van der Waals surface area (Å²) >= 11 is 9.42. The second kappa shape index (κ2) is 7.35. The van der Waals surface area contributed by atoms with Gasteiger partial charge in [-0.1, -0.05) is 27.5 Å². The molecule has 2 aromatic carbocycles. The van der Waals surface area contributed by atoms with Crippen molar-refractivity contribution in [2.45, 2.75) is 13.1 Å². The minimum atomic E-state index is -4.52. The molecule has 0 fully saturated rings. The van der Waals surface area contributed by atoms with Gasteiger partial charge < -0.3 is 4.57 Å². The fraction of sp³-hybridized carbons (Fsp3) is 0.100. The molecular formula is C20H13BrClF3N4. The van der Waals surface area contributed by atoms with Crippen LogP contribution >= 0.6 is 27.5 Å². The Bertz CT molecular complexity index is 1180. The molecular weight excluding hydrogens is 469 g/mol. The van der Waals surface area contributed by atoms with E-state index in [1.165, 1.54) is 11.5 Å². The van der Waals surface area contributed by atoms with E-state index < -0.39 is 11.9 Å². The van der Waals surface area contributed by atoms with Gasteiger partial charge in [-0.25, -0.2) is 9.67 Å². The van der Waals surface area contributed by atoms with E-state index in [0.29, 0.717) is 22.0 Å². The fourth-order valence-electron chi connectivity index (χ4n) is 3.07. The van der Waals surface area contributed by atoms with Gasteiger partial charge in [0.1, 0.15) is 5.82 Å². The Hall–Kier alpha value is -2.58. The standard InChI is InChI=1S/C20H13BrClF3N4/c1-12-27-19(20(23,24)25)11-28(12)17-7-2-13(21)10-16(17)18-8-9-26-29(18)15-5-3-14(22)4-6-15/h2-11H,1H3. The van der Waals surface area contributed by atoms with Crippen LogP contribution < -0.4 is 0 Å². The molecule has 4 aromatic rings. The zero-order valence-corrected chi connectivity index (χ0v) is 17.3. The second-order valence-electron chi connectivity index (χ2n) is 6.31. The lowest BCUT2D eigenvalue weighted by Gasteiger charge is -2.14.